The first-order valence-corrected chi connectivity index (χ1v) is 11.4. The lowest BCUT2D eigenvalue weighted by molar-refractivity contribution is 0.581. The lowest BCUT2D eigenvalue weighted by Crippen LogP contribution is -2.23. The quantitative estimate of drug-likeness (QED) is 0.510. The minimum Gasteiger partial charge on any atom is -0.294 e. The molecule has 1 N–H and O–H groups in total. The van der Waals surface area contributed by atoms with Crippen LogP contribution in [0.1, 0.15) is 16.7 Å². The third-order valence-corrected chi connectivity index (χ3v) is 7.06. The molecule has 0 fully saturated rings. The number of aromatic nitrogens is 1. The SMILES string of the molecule is Cc1ccc(CNS(=O)(=O)c2ccc3c(c2)sc(=O)n3Cc2ccccc2)cc1. The van der Waals surface area contributed by atoms with Gasteiger partial charge in [-0.25, -0.2) is 13.1 Å². The van der Waals surface area contributed by atoms with E-state index >= 15 is 0 Å². The molecule has 0 radical (unpaired) electrons. The Morgan fingerprint density at radius 3 is 2.38 bits per heavy atom. The van der Waals surface area contributed by atoms with Crippen LogP contribution in [-0.2, 0) is 23.1 Å². The van der Waals surface area contributed by atoms with Crippen molar-refractivity contribution >= 4 is 31.6 Å². The Morgan fingerprint density at radius 1 is 0.931 bits per heavy atom. The fourth-order valence-electron chi connectivity index (χ4n) is 3.10. The van der Waals surface area contributed by atoms with Crippen LogP contribution in [0.15, 0.2) is 82.5 Å². The summed E-state index contributed by atoms with van der Waals surface area (Å²) in [5, 5.41) is 0. The average molecular weight is 425 g/mol. The van der Waals surface area contributed by atoms with Gasteiger partial charge in [-0.1, -0.05) is 71.5 Å². The zero-order chi connectivity index (χ0) is 20.4. The monoisotopic (exact) mass is 424 g/mol. The van der Waals surface area contributed by atoms with Gasteiger partial charge in [-0.15, -0.1) is 0 Å². The molecule has 4 rings (SSSR count). The predicted octanol–water partition coefficient (Wildman–Crippen LogP) is 3.90. The topological polar surface area (TPSA) is 68.2 Å². The lowest BCUT2D eigenvalue weighted by atomic mass is 10.2. The van der Waals surface area contributed by atoms with Gasteiger partial charge < -0.3 is 0 Å². The number of sulfonamides is 1. The molecular weight excluding hydrogens is 404 g/mol. The fourth-order valence-corrected chi connectivity index (χ4v) is 5.15. The van der Waals surface area contributed by atoms with Crippen LogP contribution in [-0.4, -0.2) is 13.0 Å². The van der Waals surface area contributed by atoms with Gasteiger partial charge >= 0.3 is 4.87 Å². The Labute approximate surface area is 173 Å². The Hall–Kier alpha value is -2.74. The summed E-state index contributed by atoms with van der Waals surface area (Å²) in [4.78, 5) is 12.5. The van der Waals surface area contributed by atoms with Gasteiger partial charge in [0.15, 0.2) is 0 Å². The number of thiazole rings is 1. The van der Waals surface area contributed by atoms with Crippen LogP contribution in [0.5, 0.6) is 0 Å². The highest BCUT2D eigenvalue weighted by atomic mass is 32.2. The molecule has 7 heteroatoms. The molecule has 0 aliphatic rings. The van der Waals surface area contributed by atoms with Gasteiger partial charge in [0.1, 0.15) is 0 Å². The fraction of sp³-hybridized carbons (Fsp3) is 0.136. The number of benzene rings is 3. The first kappa shape index (κ1) is 19.6. The van der Waals surface area contributed by atoms with Crippen molar-refractivity contribution in [1.82, 2.24) is 9.29 Å². The maximum Gasteiger partial charge on any atom is 0.308 e. The zero-order valence-electron chi connectivity index (χ0n) is 15.8. The Morgan fingerprint density at radius 2 is 1.66 bits per heavy atom. The van der Waals surface area contributed by atoms with Gasteiger partial charge in [0.25, 0.3) is 0 Å². The molecule has 1 heterocycles. The average Bonchev–Trinajstić information content (AvgIpc) is 3.03. The highest BCUT2D eigenvalue weighted by molar-refractivity contribution is 7.89. The second-order valence-corrected chi connectivity index (χ2v) is 9.64. The third-order valence-electron chi connectivity index (χ3n) is 4.72. The van der Waals surface area contributed by atoms with E-state index in [2.05, 4.69) is 4.72 Å². The second-order valence-electron chi connectivity index (χ2n) is 6.88. The molecule has 1 aromatic heterocycles. The summed E-state index contributed by atoms with van der Waals surface area (Å²) in [5.74, 6) is 0. The summed E-state index contributed by atoms with van der Waals surface area (Å²) in [6.45, 7) is 2.65. The van der Waals surface area contributed by atoms with Gasteiger partial charge in [0, 0.05) is 6.54 Å². The van der Waals surface area contributed by atoms with E-state index in [1.54, 1.807) is 22.8 Å². The number of hydrogen-bond acceptors (Lipinski definition) is 4. The Balaban J connectivity index is 1.60. The number of hydrogen-bond donors (Lipinski definition) is 1. The molecule has 0 spiro atoms. The van der Waals surface area contributed by atoms with E-state index in [1.165, 1.54) is 0 Å². The van der Waals surface area contributed by atoms with Crippen molar-refractivity contribution < 1.29 is 8.42 Å². The van der Waals surface area contributed by atoms with E-state index in [1.807, 2.05) is 61.5 Å². The normalized spacial score (nSPS) is 11.8. The van der Waals surface area contributed by atoms with Crippen molar-refractivity contribution in [3.63, 3.8) is 0 Å². The maximum absolute atomic E-state index is 12.7. The molecule has 0 amide bonds. The summed E-state index contributed by atoms with van der Waals surface area (Å²) in [6.07, 6.45) is 0. The third kappa shape index (κ3) is 4.32. The molecule has 4 aromatic rings. The minimum absolute atomic E-state index is 0.106. The van der Waals surface area contributed by atoms with Crippen LogP contribution >= 0.6 is 11.3 Å². The van der Waals surface area contributed by atoms with Crippen LogP contribution in [0.25, 0.3) is 10.2 Å². The number of aryl methyl sites for hydroxylation is 1. The molecule has 3 aromatic carbocycles. The van der Waals surface area contributed by atoms with Gasteiger partial charge in [-0.3, -0.25) is 9.36 Å². The van der Waals surface area contributed by atoms with Crippen molar-refractivity contribution in [3.05, 3.63) is 99.2 Å². The summed E-state index contributed by atoms with van der Waals surface area (Å²) in [7, 11) is -3.68. The lowest BCUT2D eigenvalue weighted by Gasteiger charge is -2.08. The summed E-state index contributed by atoms with van der Waals surface area (Å²) in [5.41, 5.74) is 3.77. The predicted molar refractivity (Wildman–Crippen MR) is 117 cm³/mol. The molecule has 148 valence electrons. The Kier molecular flexibility index (Phi) is 5.36. The number of fused-ring (bicyclic) bond motifs is 1. The van der Waals surface area contributed by atoms with Crippen molar-refractivity contribution in [2.24, 2.45) is 0 Å². The molecular formula is C22H20N2O3S2. The molecule has 0 saturated carbocycles. The Bertz CT molecular complexity index is 1310. The highest BCUT2D eigenvalue weighted by Gasteiger charge is 2.17. The van der Waals surface area contributed by atoms with Crippen LogP contribution in [0.3, 0.4) is 0 Å². The smallest absolute Gasteiger partial charge is 0.294 e. The maximum atomic E-state index is 12.7. The summed E-state index contributed by atoms with van der Waals surface area (Å²) >= 11 is 1.06. The minimum atomic E-state index is -3.68. The van der Waals surface area contributed by atoms with Crippen LogP contribution in [0, 0.1) is 6.92 Å². The molecule has 0 aliphatic carbocycles. The van der Waals surface area contributed by atoms with Gasteiger partial charge in [-0.05, 0) is 36.2 Å². The number of nitrogens with one attached hydrogen (secondary N) is 1. The number of nitrogens with zero attached hydrogens (tertiary/aromatic N) is 1. The van der Waals surface area contributed by atoms with Crippen molar-refractivity contribution in [1.29, 1.82) is 0 Å². The van der Waals surface area contributed by atoms with Crippen molar-refractivity contribution in [2.75, 3.05) is 0 Å². The first-order chi connectivity index (χ1) is 13.9. The van der Waals surface area contributed by atoms with E-state index in [4.69, 9.17) is 0 Å². The first-order valence-electron chi connectivity index (χ1n) is 9.15. The molecule has 29 heavy (non-hydrogen) atoms. The van der Waals surface area contributed by atoms with Crippen molar-refractivity contribution in [3.8, 4) is 0 Å². The van der Waals surface area contributed by atoms with Gasteiger partial charge in [0.05, 0.1) is 21.7 Å². The van der Waals surface area contributed by atoms with Crippen LogP contribution in [0.4, 0.5) is 0 Å². The van der Waals surface area contributed by atoms with Gasteiger partial charge in [0.2, 0.25) is 10.0 Å². The van der Waals surface area contributed by atoms with Crippen LogP contribution < -0.4 is 9.60 Å². The van der Waals surface area contributed by atoms with E-state index in [0.29, 0.717) is 11.2 Å². The van der Waals surface area contributed by atoms with Crippen LogP contribution in [0.2, 0.25) is 0 Å². The standard InChI is InChI=1S/C22H20N2O3S2/c1-16-7-9-17(10-8-16)14-23-29(26,27)19-11-12-20-21(13-19)28-22(25)24(20)15-18-5-3-2-4-6-18/h2-13,23H,14-15H2,1H3. The zero-order valence-corrected chi connectivity index (χ0v) is 17.5. The largest absolute Gasteiger partial charge is 0.308 e. The van der Waals surface area contributed by atoms with Crippen molar-refractivity contribution in [2.45, 2.75) is 24.9 Å². The molecule has 5 nitrogen and oxygen atoms in total. The highest BCUT2D eigenvalue weighted by Crippen LogP contribution is 2.22. The number of rotatable bonds is 6. The molecule has 0 atom stereocenters. The molecule has 0 bridgehead atoms. The molecule has 0 saturated heterocycles. The summed E-state index contributed by atoms with van der Waals surface area (Å²) < 4.78 is 30.4. The molecule has 0 unspecified atom stereocenters. The van der Waals surface area contributed by atoms with E-state index in [-0.39, 0.29) is 16.3 Å². The van der Waals surface area contributed by atoms with Gasteiger partial charge in [-0.2, -0.15) is 0 Å². The summed E-state index contributed by atoms with van der Waals surface area (Å²) in [6, 6.07) is 22.2. The van der Waals surface area contributed by atoms with E-state index in [0.717, 1.165) is 33.5 Å². The van der Waals surface area contributed by atoms with E-state index in [9.17, 15) is 13.2 Å². The second kappa shape index (κ2) is 7.94. The molecule has 0 aliphatic heterocycles. The van der Waals surface area contributed by atoms with E-state index < -0.39 is 10.0 Å².